The van der Waals surface area contributed by atoms with Crippen molar-refractivity contribution >= 4 is 0 Å². The van der Waals surface area contributed by atoms with Crippen molar-refractivity contribution in [3.05, 3.63) is 12.2 Å². The minimum absolute atomic E-state index is 0.685. The highest BCUT2D eigenvalue weighted by atomic mass is 14.9. The molecule has 1 aliphatic rings. The first-order chi connectivity index (χ1) is 4.80. The van der Waals surface area contributed by atoms with Crippen molar-refractivity contribution in [2.24, 2.45) is 5.92 Å². The van der Waals surface area contributed by atoms with E-state index in [0.717, 1.165) is 12.5 Å². The number of hydrogen-bond donors (Lipinski definition) is 1. The maximum atomic E-state index is 3.48. The summed E-state index contributed by atoms with van der Waals surface area (Å²) in [5, 5.41) is 3.48. The maximum absolute atomic E-state index is 3.48. The van der Waals surface area contributed by atoms with Gasteiger partial charge in [-0.25, -0.2) is 0 Å². The lowest BCUT2D eigenvalue weighted by molar-refractivity contribution is 0.400. The van der Waals surface area contributed by atoms with Gasteiger partial charge in [-0.2, -0.15) is 0 Å². The fourth-order valence-corrected chi connectivity index (χ4v) is 1.23. The van der Waals surface area contributed by atoms with Gasteiger partial charge in [0.2, 0.25) is 0 Å². The topological polar surface area (TPSA) is 12.0 Å². The van der Waals surface area contributed by atoms with E-state index in [0.29, 0.717) is 6.04 Å². The second-order valence-corrected chi connectivity index (χ2v) is 3.22. The summed E-state index contributed by atoms with van der Waals surface area (Å²) in [6.07, 6.45) is 7.00. The van der Waals surface area contributed by atoms with E-state index in [1.807, 2.05) is 0 Å². The largest absolute Gasteiger partial charge is 0.314 e. The quantitative estimate of drug-likeness (QED) is 0.506. The van der Waals surface area contributed by atoms with E-state index in [-0.39, 0.29) is 0 Å². The Balaban J connectivity index is 2.41. The molecular formula is C9H17N. The number of allylic oxidation sites excluding steroid dienone is 1. The van der Waals surface area contributed by atoms with E-state index in [1.165, 1.54) is 12.8 Å². The van der Waals surface area contributed by atoms with E-state index in [4.69, 9.17) is 0 Å². The summed E-state index contributed by atoms with van der Waals surface area (Å²) in [7, 11) is 0. The minimum atomic E-state index is 0.685. The molecule has 0 spiro atoms. The Bertz CT molecular complexity index is 118. The van der Waals surface area contributed by atoms with Crippen LogP contribution in [0.15, 0.2) is 12.2 Å². The molecule has 0 aromatic rings. The van der Waals surface area contributed by atoms with Crippen LogP contribution in [0.1, 0.15) is 26.7 Å². The van der Waals surface area contributed by atoms with Gasteiger partial charge in [-0.05, 0) is 32.2 Å². The van der Waals surface area contributed by atoms with Crippen LogP contribution in [0.2, 0.25) is 0 Å². The van der Waals surface area contributed by atoms with Gasteiger partial charge in [-0.3, -0.25) is 0 Å². The van der Waals surface area contributed by atoms with Crippen molar-refractivity contribution < 1.29 is 0 Å². The van der Waals surface area contributed by atoms with Crippen LogP contribution < -0.4 is 5.32 Å². The van der Waals surface area contributed by atoms with E-state index in [1.54, 1.807) is 0 Å². The fourth-order valence-electron chi connectivity index (χ4n) is 1.23. The third kappa shape index (κ3) is 2.14. The van der Waals surface area contributed by atoms with Crippen molar-refractivity contribution in [1.82, 2.24) is 5.32 Å². The Morgan fingerprint density at radius 3 is 2.90 bits per heavy atom. The standard InChI is InChI=1S/C9H17N/c1-8-6-4-3-5-7-10-9(8)2/h3-4,8-10H,5-7H2,1-2H3/b4-3-. The molecule has 0 radical (unpaired) electrons. The molecule has 0 aromatic carbocycles. The minimum Gasteiger partial charge on any atom is -0.314 e. The summed E-state index contributed by atoms with van der Waals surface area (Å²) in [5.41, 5.74) is 0. The average Bonchev–Trinajstić information content (AvgIpc) is 1.92. The van der Waals surface area contributed by atoms with E-state index in [9.17, 15) is 0 Å². The lowest BCUT2D eigenvalue weighted by atomic mass is 9.98. The normalized spacial score (nSPS) is 38.2. The summed E-state index contributed by atoms with van der Waals surface area (Å²) in [5.74, 6) is 0.788. The molecule has 0 saturated carbocycles. The zero-order chi connectivity index (χ0) is 7.40. The van der Waals surface area contributed by atoms with Gasteiger partial charge in [-0.1, -0.05) is 19.1 Å². The van der Waals surface area contributed by atoms with Crippen molar-refractivity contribution in [3.63, 3.8) is 0 Å². The third-order valence-electron chi connectivity index (χ3n) is 2.31. The van der Waals surface area contributed by atoms with Crippen LogP contribution in [-0.4, -0.2) is 12.6 Å². The van der Waals surface area contributed by atoms with Gasteiger partial charge in [0.1, 0.15) is 0 Å². The molecule has 0 fully saturated rings. The molecule has 0 aromatic heterocycles. The Morgan fingerprint density at radius 2 is 2.10 bits per heavy atom. The lowest BCUT2D eigenvalue weighted by Gasteiger charge is -2.21. The Morgan fingerprint density at radius 1 is 1.30 bits per heavy atom. The van der Waals surface area contributed by atoms with Gasteiger partial charge in [0, 0.05) is 6.04 Å². The van der Waals surface area contributed by atoms with E-state index < -0.39 is 0 Å². The Labute approximate surface area is 63.5 Å². The second kappa shape index (κ2) is 3.77. The van der Waals surface area contributed by atoms with Crippen LogP contribution >= 0.6 is 0 Å². The molecule has 1 rings (SSSR count). The number of nitrogens with one attached hydrogen (secondary N) is 1. The van der Waals surface area contributed by atoms with Crippen molar-refractivity contribution in [3.8, 4) is 0 Å². The monoisotopic (exact) mass is 139 g/mol. The summed E-state index contributed by atoms with van der Waals surface area (Å²) in [6.45, 7) is 5.71. The average molecular weight is 139 g/mol. The first-order valence-corrected chi connectivity index (χ1v) is 4.19. The summed E-state index contributed by atoms with van der Waals surface area (Å²) in [4.78, 5) is 0. The van der Waals surface area contributed by atoms with Crippen LogP contribution in [0, 0.1) is 5.92 Å². The molecule has 2 unspecified atom stereocenters. The molecule has 0 saturated heterocycles. The molecular weight excluding hydrogens is 122 g/mol. The molecule has 2 atom stereocenters. The molecule has 0 amide bonds. The smallest absolute Gasteiger partial charge is 0.00674 e. The molecule has 0 bridgehead atoms. The number of rotatable bonds is 0. The van der Waals surface area contributed by atoms with Gasteiger partial charge in [0.25, 0.3) is 0 Å². The predicted molar refractivity (Wildman–Crippen MR) is 45.0 cm³/mol. The van der Waals surface area contributed by atoms with Gasteiger partial charge < -0.3 is 5.32 Å². The Hall–Kier alpha value is -0.300. The predicted octanol–water partition coefficient (Wildman–Crippen LogP) is 1.95. The van der Waals surface area contributed by atoms with Gasteiger partial charge in [-0.15, -0.1) is 0 Å². The number of hydrogen-bond acceptors (Lipinski definition) is 1. The van der Waals surface area contributed by atoms with Gasteiger partial charge in [0.15, 0.2) is 0 Å². The highest BCUT2D eigenvalue weighted by molar-refractivity contribution is 4.88. The first kappa shape index (κ1) is 7.80. The highest BCUT2D eigenvalue weighted by Crippen LogP contribution is 2.10. The van der Waals surface area contributed by atoms with Crippen LogP contribution in [-0.2, 0) is 0 Å². The second-order valence-electron chi connectivity index (χ2n) is 3.22. The van der Waals surface area contributed by atoms with Crippen LogP contribution in [0.4, 0.5) is 0 Å². The molecule has 0 aliphatic carbocycles. The summed E-state index contributed by atoms with van der Waals surface area (Å²) < 4.78 is 0. The maximum Gasteiger partial charge on any atom is 0.00674 e. The fraction of sp³-hybridized carbons (Fsp3) is 0.778. The van der Waals surface area contributed by atoms with Gasteiger partial charge in [0.05, 0.1) is 0 Å². The third-order valence-corrected chi connectivity index (χ3v) is 2.31. The molecule has 1 N–H and O–H groups in total. The highest BCUT2D eigenvalue weighted by Gasteiger charge is 2.10. The molecule has 10 heavy (non-hydrogen) atoms. The summed E-state index contributed by atoms with van der Waals surface area (Å²) >= 11 is 0. The lowest BCUT2D eigenvalue weighted by Crippen LogP contribution is -2.33. The first-order valence-electron chi connectivity index (χ1n) is 4.19. The van der Waals surface area contributed by atoms with Crippen molar-refractivity contribution in [1.29, 1.82) is 0 Å². The zero-order valence-corrected chi connectivity index (χ0v) is 6.93. The molecule has 1 heterocycles. The van der Waals surface area contributed by atoms with Gasteiger partial charge >= 0.3 is 0 Å². The molecule has 1 heteroatoms. The molecule has 1 nitrogen and oxygen atoms in total. The Kier molecular flexibility index (Phi) is 2.94. The summed E-state index contributed by atoms with van der Waals surface area (Å²) in [6, 6.07) is 0.685. The van der Waals surface area contributed by atoms with Crippen LogP contribution in [0.3, 0.4) is 0 Å². The van der Waals surface area contributed by atoms with E-state index >= 15 is 0 Å². The molecule has 1 aliphatic heterocycles. The van der Waals surface area contributed by atoms with Crippen molar-refractivity contribution in [2.45, 2.75) is 32.7 Å². The van der Waals surface area contributed by atoms with Crippen molar-refractivity contribution in [2.75, 3.05) is 6.54 Å². The molecule has 58 valence electrons. The van der Waals surface area contributed by atoms with Crippen LogP contribution in [0.25, 0.3) is 0 Å². The zero-order valence-electron chi connectivity index (χ0n) is 6.93. The van der Waals surface area contributed by atoms with E-state index in [2.05, 4.69) is 31.3 Å². The van der Waals surface area contributed by atoms with Crippen LogP contribution in [0.5, 0.6) is 0 Å². The SMILES string of the molecule is CC1C/C=C\CCNC1C.